The summed E-state index contributed by atoms with van der Waals surface area (Å²) in [6.07, 6.45) is 2.28. The van der Waals surface area contributed by atoms with Crippen LogP contribution in [0, 0.1) is 6.92 Å². The third kappa shape index (κ3) is 3.05. The topological polar surface area (TPSA) is 52.6 Å². The van der Waals surface area contributed by atoms with Gasteiger partial charge in [0.05, 0.1) is 0 Å². The molecule has 0 heterocycles. The number of carbonyl (C=O) groups is 1. The van der Waals surface area contributed by atoms with Gasteiger partial charge in [0.2, 0.25) is 0 Å². The van der Waals surface area contributed by atoms with Crippen LogP contribution in [0.3, 0.4) is 0 Å². The van der Waals surface area contributed by atoms with E-state index in [1.807, 2.05) is 13.0 Å². The maximum atomic E-state index is 11.7. The number of benzene rings is 1. The van der Waals surface area contributed by atoms with E-state index in [0.717, 1.165) is 13.0 Å². The van der Waals surface area contributed by atoms with E-state index in [4.69, 9.17) is 0 Å². The summed E-state index contributed by atoms with van der Waals surface area (Å²) in [7, 11) is 0. The zero-order valence-corrected chi connectivity index (χ0v) is 13.2. The molecular weight excluding hydrogens is 264 g/mol. The summed E-state index contributed by atoms with van der Waals surface area (Å²) in [5, 5.41) is 12.8. The Morgan fingerprint density at radius 3 is 2.71 bits per heavy atom. The highest BCUT2D eigenvalue weighted by Gasteiger charge is 2.46. The van der Waals surface area contributed by atoms with E-state index in [0.29, 0.717) is 19.4 Å². The third-order valence-electron chi connectivity index (χ3n) is 4.62. The van der Waals surface area contributed by atoms with Gasteiger partial charge in [0.15, 0.2) is 0 Å². The summed E-state index contributed by atoms with van der Waals surface area (Å²) in [5.41, 5.74) is 1.72. The van der Waals surface area contributed by atoms with Crippen molar-refractivity contribution < 1.29 is 9.90 Å². The molecule has 2 rings (SSSR count). The number of hydrogen-bond donors (Lipinski definition) is 2. The molecule has 1 aliphatic carbocycles. The number of nitrogens with zero attached hydrogens (tertiary/aromatic N) is 1. The lowest BCUT2D eigenvalue weighted by molar-refractivity contribution is -0.144. The van der Waals surface area contributed by atoms with E-state index >= 15 is 0 Å². The highest BCUT2D eigenvalue weighted by molar-refractivity contribution is 5.79. The van der Waals surface area contributed by atoms with Gasteiger partial charge in [0.25, 0.3) is 0 Å². The SMILES string of the molecule is CCNC1(C(=O)O)CCC(N(CC)c2ccccc2C)C1. The maximum absolute atomic E-state index is 11.7. The molecule has 1 aromatic rings. The molecule has 0 bridgehead atoms. The number of nitrogens with one attached hydrogen (secondary N) is 1. The number of aliphatic carboxylic acids is 1. The lowest BCUT2D eigenvalue weighted by Crippen LogP contribution is -2.51. The molecular formula is C17H26N2O2. The minimum Gasteiger partial charge on any atom is -0.480 e. The van der Waals surface area contributed by atoms with Crippen LogP contribution in [0.4, 0.5) is 5.69 Å². The van der Waals surface area contributed by atoms with Gasteiger partial charge in [-0.2, -0.15) is 0 Å². The van der Waals surface area contributed by atoms with Gasteiger partial charge < -0.3 is 15.3 Å². The van der Waals surface area contributed by atoms with Crippen molar-refractivity contribution in [2.45, 2.75) is 51.6 Å². The highest BCUT2D eigenvalue weighted by Crippen LogP contribution is 2.36. The van der Waals surface area contributed by atoms with Gasteiger partial charge in [-0.3, -0.25) is 4.79 Å². The number of likely N-dealkylation sites (N-methyl/N-ethyl adjacent to an activating group) is 1. The van der Waals surface area contributed by atoms with Crippen molar-refractivity contribution in [3.8, 4) is 0 Å². The summed E-state index contributed by atoms with van der Waals surface area (Å²) in [5.74, 6) is -0.715. The Morgan fingerprint density at radius 2 is 2.14 bits per heavy atom. The van der Waals surface area contributed by atoms with Gasteiger partial charge in [-0.25, -0.2) is 0 Å². The van der Waals surface area contributed by atoms with E-state index in [2.05, 4.69) is 42.3 Å². The molecule has 4 nitrogen and oxygen atoms in total. The van der Waals surface area contributed by atoms with Crippen LogP contribution in [0.15, 0.2) is 24.3 Å². The first-order chi connectivity index (χ1) is 10.0. The van der Waals surface area contributed by atoms with Crippen LogP contribution < -0.4 is 10.2 Å². The first-order valence-electron chi connectivity index (χ1n) is 7.84. The summed E-state index contributed by atoms with van der Waals surface area (Å²) in [4.78, 5) is 14.1. The van der Waals surface area contributed by atoms with Crippen LogP contribution in [0.1, 0.15) is 38.7 Å². The van der Waals surface area contributed by atoms with Gasteiger partial charge in [0.1, 0.15) is 5.54 Å². The molecule has 2 atom stereocenters. The summed E-state index contributed by atoms with van der Waals surface area (Å²) in [6.45, 7) is 7.81. The molecule has 1 aliphatic rings. The molecule has 1 fully saturated rings. The van der Waals surface area contributed by atoms with Crippen molar-refractivity contribution in [2.75, 3.05) is 18.0 Å². The van der Waals surface area contributed by atoms with E-state index in [1.54, 1.807) is 0 Å². The molecule has 0 saturated heterocycles. The number of anilines is 1. The lowest BCUT2D eigenvalue weighted by Gasteiger charge is -2.33. The Kier molecular flexibility index (Phi) is 4.88. The van der Waals surface area contributed by atoms with Crippen LogP contribution in [0.25, 0.3) is 0 Å². The first-order valence-corrected chi connectivity index (χ1v) is 7.84. The quantitative estimate of drug-likeness (QED) is 0.846. The zero-order chi connectivity index (χ0) is 15.5. The molecule has 1 saturated carbocycles. The van der Waals surface area contributed by atoms with E-state index in [-0.39, 0.29) is 6.04 Å². The second-order valence-corrected chi connectivity index (χ2v) is 5.89. The van der Waals surface area contributed by atoms with Gasteiger partial charge >= 0.3 is 5.97 Å². The smallest absolute Gasteiger partial charge is 0.323 e. The predicted octanol–water partition coefficient (Wildman–Crippen LogP) is 2.81. The summed E-state index contributed by atoms with van der Waals surface area (Å²) < 4.78 is 0. The molecule has 2 N–H and O–H groups in total. The fourth-order valence-electron chi connectivity index (χ4n) is 3.57. The first kappa shape index (κ1) is 15.8. The maximum Gasteiger partial charge on any atom is 0.323 e. The van der Waals surface area contributed by atoms with E-state index < -0.39 is 11.5 Å². The highest BCUT2D eigenvalue weighted by atomic mass is 16.4. The standard InChI is InChI=1S/C17H26N2O2/c1-4-18-17(16(20)21)11-10-14(12-17)19(5-2)15-9-7-6-8-13(15)3/h6-9,14,18H,4-5,10-12H2,1-3H3,(H,20,21). The Morgan fingerprint density at radius 1 is 1.43 bits per heavy atom. The summed E-state index contributed by atoms with van der Waals surface area (Å²) in [6, 6.07) is 8.62. The van der Waals surface area contributed by atoms with Crippen LogP contribution in [0.2, 0.25) is 0 Å². The molecule has 0 radical (unpaired) electrons. The molecule has 1 aromatic carbocycles. The molecule has 0 spiro atoms. The van der Waals surface area contributed by atoms with Crippen molar-refractivity contribution in [3.05, 3.63) is 29.8 Å². The van der Waals surface area contributed by atoms with Crippen molar-refractivity contribution in [3.63, 3.8) is 0 Å². The van der Waals surface area contributed by atoms with Crippen LogP contribution in [-0.2, 0) is 4.79 Å². The van der Waals surface area contributed by atoms with Crippen molar-refractivity contribution >= 4 is 11.7 Å². The monoisotopic (exact) mass is 290 g/mol. The second kappa shape index (κ2) is 6.48. The average molecular weight is 290 g/mol. The Bertz CT molecular complexity index is 503. The van der Waals surface area contributed by atoms with Crippen molar-refractivity contribution in [2.24, 2.45) is 0 Å². The Balaban J connectivity index is 2.22. The fraction of sp³-hybridized carbons (Fsp3) is 0.588. The Labute approximate surface area is 127 Å². The molecule has 2 unspecified atom stereocenters. The normalized spacial score (nSPS) is 25.0. The number of para-hydroxylation sites is 1. The van der Waals surface area contributed by atoms with Crippen molar-refractivity contribution in [1.82, 2.24) is 5.32 Å². The van der Waals surface area contributed by atoms with E-state index in [9.17, 15) is 9.90 Å². The number of carboxylic acid groups (broad SMARTS) is 1. The minimum atomic E-state index is -0.754. The van der Waals surface area contributed by atoms with E-state index in [1.165, 1.54) is 11.3 Å². The average Bonchev–Trinajstić information content (AvgIpc) is 2.88. The number of carboxylic acids is 1. The number of hydrogen-bond acceptors (Lipinski definition) is 3. The Hall–Kier alpha value is -1.55. The molecule has 0 amide bonds. The predicted molar refractivity (Wildman–Crippen MR) is 85.9 cm³/mol. The van der Waals surface area contributed by atoms with Gasteiger partial charge in [0, 0.05) is 18.3 Å². The summed E-state index contributed by atoms with van der Waals surface area (Å²) >= 11 is 0. The largest absolute Gasteiger partial charge is 0.480 e. The van der Waals surface area contributed by atoms with Gasteiger partial charge in [-0.15, -0.1) is 0 Å². The molecule has 0 aromatic heterocycles. The van der Waals surface area contributed by atoms with Gasteiger partial charge in [-0.05, 0) is 51.3 Å². The number of rotatable bonds is 6. The van der Waals surface area contributed by atoms with Crippen LogP contribution in [0.5, 0.6) is 0 Å². The molecule has 0 aliphatic heterocycles. The van der Waals surface area contributed by atoms with Crippen LogP contribution in [-0.4, -0.2) is 35.7 Å². The molecule has 21 heavy (non-hydrogen) atoms. The molecule has 4 heteroatoms. The fourth-order valence-corrected chi connectivity index (χ4v) is 3.57. The molecule has 116 valence electrons. The van der Waals surface area contributed by atoms with Crippen molar-refractivity contribution in [1.29, 1.82) is 0 Å². The van der Waals surface area contributed by atoms with Crippen LogP contribution >= 0.6 is 0 Å². The second-order valence-electron chi connectivity index (χ2n) is 5.89. The number of aryl methyl sites for hydroxylation is 1. The third-order valence-corrected chi connectivity index (χ3v) is 4.62. The van der Waals surface area contributed by atoms with Gasteiger partial charge in [-0.1, -0.05) is 25.1 Å². The lowest BCUT2D eigenvalue weighted by atomic mass is 9.97. The minimum absolute atomic E-state index is 0.284. The zero-order valence-electron chi connectivity index (χ0n) is 13.2.